The molecular weight excluding hydrogens is 210 g/mol. The Hall–Kier alpha value is -0.890. The number of rotatable bonds is 2. The van der Waals surface area contributed by atoms with Crippen LogP contribution in [0.25, 0.3) is 0 Å². The number of hydrogen-bond donors (Lipinski definition) is 1. The van der Waals surface area contributed by atoms with E-state index < -0.39 is 5.60 Å². The number of aliphatic hydroxyl groups is 1. The normalized spacial score (nSPS) is 33.1. The van der Waals surface area contributed by atoms with Crippen molar-refractivity contribution in [1.29, 1.82) is 0 Å². The highest BCUT2D eigenvalue weighted by molar-refractivity contribution is 5.18. The molecule has 2 nitrogen and oxygen atoms in total. The Balaban J connectivity index is 2.20. The van der Waals surface area contributed by atoms with E-state index in [1.165, 1.54) is 6.42 Å². The Kier molecular flexibility index (Phi) is 3.53. The van der Waals surface area contributed by atoms with Gasteiger partial charge in [0.15, 0.2) is 0 Å². The summed E-state index contributed by atoms with van der Waals surface area (Å²) in [4.78, 5) is 4.12. The van der Waals surface area contributed by atoms with Crippen LogP contribution in [0.4, 0.5) is 0 Å². The number of pyridine rings is 1. The molecule has 0 aromatic carbocycles. The van der Waals surface area contributed by atoms with Crippen molar-refractivity contribution in [3.05, 3.63) is 30.1 Å². The lowest BCUT2D eigenvalue weighted by molar-refractivity contribution is -0.0389. The molecule has 17 heavy (non-hydrogen) atoms. The molecule has 1 aliphatic carbocycles. The summed E-state index contributed by atoms with van der Waals surface area (Å²) in [5.41, 5.74) is 0.211. The maximum absolute atomic E-state index is 10.8. The molecule has 3 unspecified atom stereocenters. The van der Waals surface area contributed by atoms with E-state index >= 15 is 0 Å². The van der Waals surface area contributed by atoms with Crippen molar-refractivity contribution in [1.82, 2.24) is 4.98 Å². The molecule has 0 saturated heterocycles. The van der Waals surface area contributed by atoms with Crippen molar-refractivity contribution in [2.75, 3.05) is 0 Å². The standard InChI is InChI=1S/C15H23NO/c1-11-7-12(2)9-14(8-11)15(3,17)13-5-4-6-16-10-13/h4-6,10-12,14,17H,7-9H2,1-3H3. The Bertz CT molecular complexity index is 350. The highest BCUT2D eigenvalue weighted by Gasteiger charge is 2.38. The molecule has 94 valence electrons. The SMILES string of the molecule is CC1CC(C)CC(C(C)(O)c2cccnc2)C1. The molecule has 1 saturated carbocycles. The molecule has 0 bridgehead atoms. The molecular formula is C15H23NO. The van der Waals surface area contributed by atoms with Crippen LogP contribution >= 0.6 is 0 Å². The topological polar surface area (TPSA) is 33.1 Å². The molecule has 1 N–H and O–H groups in total. The zero-order valence-corrected chi connectivity index (χ0v) is 11.1. The van der Waals surface area contributed by atoms with Gasteiger partial charge in [0.2, 0.25) is 0 Å². The van der Waals surface area contributed by atoms with E-state index in [0.717, 1.165) is 18.4 Å². The monoisotopic (exact) mass is 233 g/mol. The van der Waals surface area contributed by atoms with Crippen LogP contribution in [0, 0.1) is 17.8 Å². The van der Waals surface area contributed by atoms with Crippen molar-refractivity contribution in [2.24, 2.45) is 17.8 Å². The number of hydrogen-bond acceptors (Lipinski definition) is 2. The summed E-state index contributed by atoms with van der Waals surface area (Å²) in [6, 6.07) is 3.89. The first-order valence-electron chi connectivity index (χ1n) is 6.63. The van der Waals surface area contributed by atoms with Gasteiger partial charge in [0.1, 0.15) is 0 Å². The van der Waals surface area contributed by atoms with Crippen LogP contribution in [0.2, 0.25) is 0 Å². The summed E-state index contributed by atoms with van der Waals surface area (Å²) in [6.07, 6.45) is 7.08. The smallest absolute Gasteiger partial charge is 0.0911 e. The summed E-state index contributed by atoms with van der Waals surface area (Å²) in [7, 11) is 0. The van der Waals surface area contributed by atoms with Gasteiger partial charge in [-0.25, -0.2) is 0 Å². The molecule has 0 spiro atoms. The maximum Gasteiger partial charge on any atom is 0.0911 e. The zero-order valence-electron chi connectivity index (χ0n) is 11.1. The van der Waals surface area contributed by atoms with Gasteiger partial charge in [-0.1, -0.05) is 19.9 Å². The van der Waals surface area contributed by atoms with Crippen molar-refractivity contribution < 1.29 is 5.11 Å². The van der Waals surface area contributed by atoms with Gasteiger partial charge < -0.3 is 5.11 Å². The average Bonchev–Trinajstić information content (AvgIpc) is 2.29. The third-order valence-corrected chi connectivity index (χ3v) is 4.22. The predicted octanol–water partition coefficient (Wildman–Crippen LogP) is 3.36. The largest absolute Gasteiger partial charge is 0.385 e. The summed E-state index contributed by atoms with van der Waals surface area (Å²) in [6.45, 7) is 6.53. The number of aromatic nitrogens is 1. The predicted molar refractivity (Wildman–Crippen MR) is 69.5 cm³/mol. The van der Waals surface area contributed by atoms with Crippen LogP contribution in [0.3, 0.4) is 0 Å². The molecule has 2 rings (SSSR count). The van der Waals surface area contributed by atoms with Gasteiger partial charge >= 0.3 is 0 Å². The summed E-state index contributed by atoms with van der Waals surface area (Å²) >= 11 is 0. The van der Waals surface area contributed by atoms with Gasteiger partial charge in [-0.05, 0) is 50.0 Å². The highest BCUT2D eigenvalue weighted by Crippen LogP contribution is 2.42. The van der Waals surface area contributed by atoms with Crippen LogP contribution < -0.4 is 0 Å². The Morgan fingerprint density at radius 1 is 1.24 bits per heavy atom. The quantitative estimate of drug-likeness (QED) is 0.849. The maximum atomic E-state index is 10.8. The summed E-state index contributed by atoms with van der Waals surface area (Å²) < 4.78 is 0. The molecule has 1 aromatic rings. The van der Waals surface area contributed by atoms with Gasteiger partial charge in [-0.2, -0.15) is 0 Å². The molecule has 1 aromatic heterocycles. The van der Waals surface area contributed by atoms with Crippen molar-refractivity contribution in [2.45, 2.75) is 45.6 Å². The minimum Gasteiger partial charge on any atom is -0.385 e. The van der Waals surface area contributed by atoms with E-state index in [-0.39, 0.29) is 0 Å². The summed E-state index contributed by atoms with van der Waals surface area (Å²) in [5.74, 6) is 1.78. The minimum atomic E-state index is -0.739. The fourth-order valence-electron chi connectivity index (χ4n) is 3.30. The van der Waals surface area contributed by atoms with Gasteiger partial charge in [0.25, 0.3) is 0 Å². The van der Waals surface area contributed by atoms with Crippen LogP contribution in [0.5, 0.6) is 0 Å². The van der Waals surface area contributed by atoms with Gasteiger partial charge in [-0.3, -0.25) is 4.98 Å². The van der Waals surface area contributed by atoms with Gasteiger partial charge in [0, 0.05) is 18.0 Å². The van der Waals surface area contributed by atoms with Crippen LogP contribution in [-0.4, -0.2) is 10.1 Å². The lowest BCUT2D eigenvalue weighted by atomic mass is 9.68. The van der Waals surface area contributed by atoms with E-state index in [1.54, 1.807) is 12.4 Å². The molecule has 1 aliphatic rings. The first kappa shape index (κ1) is 12.6. The first-order chi connectivity index (χ1) is 8.00. The molecule has 1 heterocycles. The average molecular weight is 233 g/mol. The lowest BCUT2D eigenvalue weighted by Gasteiger charge is -2.40. The molecule has 1 fully saturated rings. The molecule has 0 radical (unpaired) electrons. The lowest BCUT2D eigenvalue weighted by Crippen LogP contribution is -2.37. The van der Waals surface area contributed by atoms with Crippen molar-refractivity contribution >= 4 is 0 Å². The summed E-state index contributed by atoms with van der Waals surface area (Å²) in [5, 5.41) is 10.8. The second-order valence-electron chi connectivity index (χ2n) is 6.00. The van der Waals surface area contributed by atoms with Crippen LogP contribution in [-0.2, 0) is 5.60 Å². The third-order valence-electron chi connectivity index (χ3n) is 4.22. The number of nitrogens with zero attached hydrogens (tertiary/aromatic N) is 1. The zero-order chi connectivity index (χ0) is 12.5. The van der Waals surface area contributed by atoms with E-state index in [9.17, 15) is 5.11 Å². The van der Waals surface area contributed by atoms with E-state index in [0.29, 0.717) is 17.8 Å². The fourth-order valence-corrected chi connectivity index (χ4v) is 3.30. The Labute approximate surface area is 104 Å². The molecule has 0 aliphatic heterocycles. The molecule has 3 atom stereocenters. The highest BCUT2D eigenvalue weighted by atomic mass is 16.3. The van der Waals surface area contributed by atoms with Crippen LogP contribution in [0.1, 0.15) is 45.6 Å². The second-order valence-corrected chi connectivity index (χ2v) is 6.00. The molecule has 0 amide bonds. The van der Waals surface area contributed by atoms with E-state index in [1.807, 2.05) is 19.1 Å². The van der Waals surface area contributed by atoms with Crippen molar-refractivity contribution in [3.8, 4) is 0 Å². The van der Waals surface area contributed by atoms with Crippen LogP contribution in [0.15, 0.2) is 24.5 Å². The Morgan fingerprint density at radius 3 is 2.41 bits per heavy atom. The first-order valence-corrected chi connectivity index (χ1v) is 6.63. The Morgan fingerprint density at radius 2 is 1.88 bits per heavy atom. The van der Waals surface area contributed by atoms with E-state index in [2.05, 4.69) is 18.8 Å². The molecule has 2 heteroatoms. The van der Waals surface area contributed by atoms with Gasteiger partial charge in [-0.15, -0.1) is 0 Å². The van der Waals surface area contributed by atoms with Crippen molar-refractivity contribution in [3.63, 3.8) is 0 Å². The van der Waals surface area contributed by atoms with E-state index in [4.69, 9.17) is 0 Å². The van der Waals surface area contributed by atoms with Gasteiger partial charge in [0.05, 0.1) is 5.60 Å². The second kappa shape index (κ2) is 4.77. The fraction of sp³-hybridized carbons (Fsp3) is 0.667. The third kappa shape index (κ3) is 2.68. The minimum absolute atomic E-state index is 0.352.